The smallest absolute Gasteiger partial charge is 0.455 e. The molecule has 0 atom stereocenters. The highest BCUT2D eigenvalue weighted by Crippen LogP contribution is 2.29. The summed E-state index contributed by atoms with van der Waals surface area (Å²) in [6, 6.07) is 1.32. The fourth-order valence-electron chi connectivity index (χ4n) is 1.04. The molecule has 0 aliphatic carbocycles. The van der Waals surface area contributed by atoms with Crippen molar-refractivity contribution in [3.63, 3.8) is 0 Å². The average Bonchev–Trinajstić information content (AvgIpc) is 2.16. The van der Waals surface area contributed by atoms with Crippen molar-refractivity contribution in [1.82, 2.24) is 0 Å². The Balaban J connectivity index is 3.38. The van der Waals surface area contributed by atoms with Crippen LogP contribution in [-0.4, -0.2) is 19.1 Å². The van der Waals surface area contributed by atoms with E-state index in [0.29, 0.717) is 6.07 Å². The largest absolute Gasteiger partial charge is 0.494 e. The molecule has 16 heavy (non-hydrogen) atoms. The maximum Gasteiger partial charge on any atom is 0.455 e. The zero-order valence-corrected chi connectivity index (χ0v) is 7.86. The molecule has 1 aromatic carbocycles. The summed E-state index contributed by atoms with van der Waals surface area (Å²) in [5.74, 6) is -6.46. The highest BCUT2D eigenvalue weighted by molar-refractivity contribution is 6.01. The zero-order chi connectivity index (χ0) is 12.5. The molecule has 0 fully saturated rings. The van der Waals surface area contributed by atoms with E-state index in [1.165, 1.54) is 0 Å². The first-order chi connectivity index (χ1) is 7.29. The van der Waals surface area contributed by atoms with Crippen molar-refractivity contribution in [2.45, 2.75) is 6.18 Å². The van der Waals surface area contributed by atoms with Crippen LogP contribution in [0.5, 0.6) is 5.75 Å². The molecule has 1 aromatic rings. The number of carbonyl (C=O) groups excluding carboxylic acids is 1. The number of carbonyl (C=O) groups is 1. The molecule has 0 spiro atoms. The number of methoxy groups -OCH3 is 1. The van der Waals surface area contributed by atoms with Crippen LogP contribution in [0.25, 0.3) is 0 Å². The van der Waals surface area contributed by atoms with Gasteiger partial charge in [-0.05, 0) is 12.1 Å². The lowest BCUT2D eigenvalue weighted by Gasteiger charge is -2.09. The predicted molar refractivity (Wildman–Crippen MR) is 43.3 cm³/mol. The number of hydrogen-bond donors (Lipinski definition) is 0. The van der Waals surface area contributed by atoms with Crippen LogP contribution >= 0.6 is 0 Å². The Bertz CT molecular complexity index is 425. The Morgan fingerprint density at radius 2 is 1.81 bits per heavy atom. The first kappa shape index (κ1) is 12.4. The van der Waals surface area contributed by atoms with Crippen molar-refractivity contribution in [3.8, 4) is 5.75 Å². The maximum atomic E-state index is 13.2. The minimum Gasteiger partial charge on any atom is -0.494 e. The van der Waals surface area contributed by atoms with Crippen LogP contribution in [0, 0.1) is 11.6 Å². The maximum absolute atomic E-state index is 13.2. The molecule has 0 amide bonds. The third kappa shape index (κ3) is 2.12. The second-order valence-electron chi connectivity index (χ2n) is 2.77. The second-order valence-corrected chi connectivity index (χ2v) is 2.77. The average molecular weight is 240 g/mol. The highest BCUT2D eigenvalue weighted by Gasteiger charge is 2.43. The number of halogens is 5. The summed E-state index contributed by atoms with van der Waals surface area (Å²) >= 11 is 0. The van der Waals surface area contributed by atoms with Crippen LogP contribution in [0.1, 0.15) is 10.4 Å². The molecular weight excluding hydrogens is 235 g/mol. The molecule has 0 N–H and O–H groups in total. The van der Waals surface area contributed by atoms with Gasteiger partial charge in [-0.25, -0.2) is 8.78 Å². The lowest BCUT2D eigenvalue weighted by Crippen LogP contribution is -2.25. The van der Waals surface area contributed by atoms with Crippen molar-refractivity contribution in [3.05, 3.63) is 29.3 Å². The van der Waals surface area contributed by atoms with E-state index in [-0.39, 0.29) is 0 Å². The van der Waals surface area contributed by atoms with E-state index in [4.69, 9.17) is 0 Å². The zero-order valence-electron chi connectivity index (χ0n) is 7.86. The lowest BCUT2D eigenvalue weighted by molar-refractivity contribution is -0.0890. The molecule has 0 heterocycles. The Morgan fingerprint density at radius 1 is 1.25 bits per heavy atom. The van der Waals surface area contributed by atoms with Gasteiger partial charge in [0, 0.05) is 0 Å². The molecule has 88 valence electrons. The van der Waals surface area contributed by atoms with Gasteiger partial charge in [0.15, 0.2) is 11.6 Å². The van der Waals surface area contributed by atoms with Gasteiger partial charge in [0.25, 0.3) is 5.78 Å². The number of rotatable bonds is 2. The fourth-order valence-corrected chi connectivity index (χ4v) is 1.04. The van der Waals surface area contributed by atoms with Crippen molar-refractivity contribution < 1.29 is 31.5 Å². The van der Waals surface area contributed by atoms with Gasteiger partial charge < -0.3 is 4.74 Å². The number of alkyl halides is 3. The summed E-state index contributed by atoms with van der Waals surface area (Å²) in [6.45, 7) is 0. The number of ether oxygens (including phenoxy) is 1. The fraction of sp³-hybridized carbons (Fsp3) is 0.222. The third-order valence-electron chi connectivity index (χ3n) is 1.76. The Kier molecular flexibility index (Phi) is 3.16. The van der Waals surface area contributed by atoms with Gasteiger partial charge in [-0.1, -0.05) is 0 Å². The minimum absolute atomic E-state index is 0.529. The third-order valence-corrected chi connectivity index (χ3v) is 1.76. The van der Waals surface area contributed by atoms with Gasteiger partial charge in [-0.3, -0.25) is 4.79 Å². The predicted octanol–water partition coefficient (Wildman–Crippen LogP) is 2.72. The number of hydrogen-bond acceptors (Lipinski definition) is 2. The van der Waals surface area contributed by atoms with E-state index in [1.807, 2.05) is 0 Å². The van der Waals surface area contributed by atoms with Crippen LogP contribution in [0.2, 0.25) is 0 Å². The van der Waals surface area contributed by atoms with E-state index in [1.54, 1.807) is 0 Å². The number of ketones is 1. The van der Waals surface area contributed by atoms with Gasteiger partial charge in [0.05, 0.1) is 7.11 Å². The number of Topliss-reactive ketones (excluding diaryl/α,β-unsaturated/α-hetero) is 1. The van der Waals surface area contributed by atoms with Gasteiger partial charge >= 0.3 is 6.18 Å². The molecule has 0 aliphatic heterocycles. The van der Waals surface area contributed by atoms with Crippen LogP contribution < -0.4 is 4.74 Å². The highest BCUT2D eigenvalue weighted by atomic mass is 19.4. The van der Waals surface area contributed by atoms with Crippen molar-refractivity contribution in [1.29, 1.82) is 0 Å². The van der Waals surface area contributed by atoms with Crippen molar-refractivity contribution in [2.24, 2.45) is 0 Å². The summed E-state index contributed by atoms with van der Waals surface area (Å²) in [4.78, 5) is 10.7. The summed E-state index contributed by atoms with van der Waals surface area (Å²) in [6.07, 6.45) is -5.34. The summed E-state index contributed by atoms with van der Waals surface area (Å²) in [7, 11) is 0.984. The van der Waals surface area contributed by atoms with Crippen molar-refractivity contribution in [2.75, 3.05) is 7.11 Å². The molecule has 0 aromatic heterocycles. The van der Waals surface area contributed by atoms with Gasteiger partial charge in [0.2, 0.25) is 0 Å². The summed E-state index contributed by atoms with van der Waals surface area (Å²) < 4.78 is 66.5. The Labute approximate surface area is 86.6 Å². The molecule has 0 radical (unpaired) electrons. The van der Waals surface area contributed by atoms with Gasteiger partial charge in [-0.15, -0.1) is 0 Å². The van der Waals surface area contributed by atoms with Crippen LogP contribution in [-0.2, 0) is 0 Å². The molecule has 0 unspecified atom stereocenters. The molecule has 0 aliphatic rings. The molecule has 0 saturated carbocycles. The SMILES string of the molecule is COc1ccc(F)c(C(=O)C(F)(F)F)c1F. The minimum atomic E-state index is -5.34. The second kappa shape index (κ2) is 4.07. The van der Waals surface area contributed by atoms with Gasteiger partial charge in [-0.2, -0.15) is 13.2 Å². The Hall–Kier alpha value is -1.66. The molecule has 1 rings (SSSR count). The summed E-state index contributed by atoms with van der Waals surface area (Å²) in [5.41, 5.74) is -1.66. The van der Waals surface area contributed by atoms with E-state index < -0.39 is 34.9 Å². The van der Waals surface area contributed by atoms with Crippen LogP contribution in [0.15, 0.2) is 12.1 Å². The monoisotopic (exact) mass is 240 g/mol. The first-order valence-corrected chi connectivity index (χ1v) is 3.92. The standard InChI is InChI=1S/C9H5F5O2/c1-16-5-3-2-4(10)6(7(5)11)8(15)9(12,13)14/h2-3H,1H3. The number of benzene rings is 1. The summed E-state index contributed by atoms with van der Waals surface area (Å²) in [5, 5.41) is 0. The van der Waals surface area contributed by atoms with E-state index in [0.717, 1.165) is 13.2 Å². The van der Waals surface area contributed by atoms with Crippen LogP contribution in [0.3, 0.4) is 0 Å². The quantitative estimate of drug-likeness (QED) is 0.586. The van der Waals surface area contributed by atoms with Crippen molar-refractivity contribution >= 4 is 5.78 Å². The first-order valence-electron chi connectivity index (χ1n) is 3.92. The van der Waals surface area contributed by atoms with E-state index >= 15 is 0 Å². The Morgan fingerprint density at radius 3 is 2.25 bits per heavy atom. The molecule has 7 heteroatoms. The van der Waals surface area contributed by atoms with E-state index in [2.05, 4.69) is 4.74 Å². The molecule has 0 bridgehead atoms. The van der Waals surface area contributed by atoms with Crippen LogP contribution in [0.4, 0.5) is 22.0 Å². The molecule has 2 nitrogen and oxygen atoms in total. The molecular formula is C9H5F5O2. The lowest BCUT2D eigenvalue weighted by atomic mass is 10.1. The van der Waals surface area contributed by atoms with Gasteiger partial charge in [0.1, 0.15) is 11.4 Å². The van der Waals surface area contributed by atoms with E-state index in [9.17, 15) is 26.7 Å². The topological polar surface area (TPSA) is 26.3 Å². The molecule has 0 saturated heterocycles. The normalized spacial score (nSPS) is 11.4.